The van der Waals surface area contributed by atoms with Crippen LogP contribution in [0.2, 0.25) is 0 Å². The highest BCUT2D eigenvalue weighted by atomic mass is 32.2. The summed E-state index contributed by atoms with van der Waals surface area (Å²) in [6, 6.07) is -5.92. The zero-order valence-corrected chi connectivity index (χ0v) is 33.7. The molecule has 328 valence electrons. The summed E-state index contributed by atoms with van der Waals surface area (Å²) in [5, 5.41) is 52.8. The van der Waals surface area contributed by atoms with Crippen LogP contribution in [0.1, 0.15) is 51.4 Å². The average molecular weight is 854 g/mol. The molecule has 23 heteroatoms. The molecule has 0 unspecified atom stereocenters. The highest BCUT2D eigenvalue weighted by Gasteiger charge is 2.46. The van der Waals surface area contributed by atoms with Crippen LogP contribution in [0.25, 0.3) is 0 Å². The highest BCUT2D eigenvalue weighted by molar-refractivity contribution is 7.98. The zero-order chi connectivity index (χ0) is 43.0. The van der Waals surface area contributed by atoms with Crippen molar-refractivity contribution in [2.45, 2.75) is 106 Å². The molecule has 9 N–H and O–H groups in total. The van der Waals surface area contributed by atoms with Crippen molar-refractivity contribution in [3.8, 4) is 0 Å². The van der Waals surface area contributed by atoms with Crippen LogP contribution < -0.4 is 26.6 Å². The van der Waals surface area contributed by atoms with E-state index in [0.717, 1.165) is 16.2 Å². The molecule has 0 aliphatic carbocycles. The lowest BCUT2D eigenvalue weighted by Gasteiger charge is -2.31. The highest BCUT2D eigenvalue weighted by Crippen LogP contribution is 2.26. The largest absolute Gasteiger partial charge is 0.480 e. The van der Waals surface area contributed by atoms with Crippen LogP contribution in [0.4, 0.5) is 0 Å². The summed E-state index contributed by atoms with van der Waals surface area (Å²) in [5.74, 6) is -5.91. The Morgan fingerprint density at radius 2 is 1.22 bits per heavy atom. The van der Waals surface area contributed by atoms with Gasteiger partial charge in [-0.25, -0.2) is 0 Å². The summed E-state index contributed by atoms with van der Waals surface area (Å²) in [4.78, 5) is 122. The van der Waals surface area contributed by atoms with Crippen molar-refractivity contribution < 1.29 is 63.6 Å². The summed E-state index contributed by atoms with van der Waals surface area (Å²) in [6.07, 6.45) is 0.768. The Bertz CT molecular complexity index is 1630. The fraction of sp³-hybridized carbons (Fsp3) is 0.750. The van der Waals surface area contributed by atoms with Gasteiger partial charge in [0.15, 0.2) is 0 Å². The minimum Gasteiger partial charge on any atom is -0.480 e. The van der Waals surface area contributed by atoms with E-state index < -0.39 is 122 Å². The SMILES string of the molecule is CSCC[C@H](NC(=O)CNC(=O)[C@@H]1C[C@@H](O)CN1C(=O)[C@@H]1CCCN1C(=O)CNC(=O)[C@@H]1C[C@@H](O)CN1C(=O)[C@@H]1CCCN1)C(=O)N1C[C@H](O)C[C@H]1C(=O)NCC(=O)O. The Morgan fingerprint density at radius 3 is 1.78 bits per heavy atom. The van der Waals surface area contributed by atoms with Gasteiger partial charge in [0.1, 0.15) is 36.8 Å². The Kier molecular flexibility index (Phi) is 15.9. The Morgan fingerprint density at radius 1 is 0.678 bits per heavy atom. The van der Waals surface area contributed by atoms with Crippen LogP contribution >= 0.6 is 11.8 Å². The number of aliphatic hydroxyl groups is 3. The van der Waals surface area contributed by atoms with Crippen molar-refractivity contribution >= 4 is 65.0 Å². The molecule has 0 radical (unpaired) electrons. The fourth-order valence-electron chi connectivity index (χ4n) is 8.41. The van der Waals surface area contributed by atoms with E-state index >= 15 is 0 Å². The molecule has 5 fully saturated rings. The van der Waals surface area contributed by atoms with E-state index in [1.54, 1.807) is 6.26 Å². The first-order chi connectivity index (χ1) is 28.1. The molecule has 9 atom stereocenters. The van der Waals surface area contributed by atoms with Crippen molar-refractivity contribution in [1.82, 2.24) is 46.2 Å². The molecule has 5 saturated heterocycles. The maximum Gasteiger partial charge on any atom is 0.322 e. The number of likely N-dealkylation sites (tertiary alicyclic amines) is 4. The molecule has 5 aliphatic rings. The third kappa shape index (κ3) is 11.4. The quantitative estimate of drug-likeness (QED) is 0.0699. The number of thioether (sulfide) groups is 1. The molecular formula is C36H55N9O13S. The van der Waals surface area contributed by atoms with E-state index in [9.17, 15) is 58.5 Å². The van der Waals surface area contributed by atoms with Crippen molar-refractivity contribution in [3.05, 3.63) is 0 Å². The van der Waals surface area contributed by atoms with E-state index in [1.165, 1.54) is 21.6 Å². The van der Waals surface area contributed by atoms with Crippen molar-refractivity contribution in [1.29, 1.82) is 0 Å². The number of rotatable bonds is 16. The van der Waals surface area contributed by atoms with Crippen molar-refractivity contribution in [3.63, 3.8) is 0 Å². The predicted octanol–water partition coefficient (Wildman–Crippen LogP) is -5.71. The molecule has 0 aromatic rings. The molecule has 0 saturated carbocycles. The van der Waals surface area contributed by atoms with Crippen LogP contribution in [-0.2, 0) is 43.2 Å². The summed E-state index contributed by atoms with van der Waals surface area (Å²) in [6.45, 7) is -1.34. The number of aliphatic carboxylic acids is 1. The number of β-amino-alcohol motifs (C(OH)–C–C–N with tert-alkyl or cyclic N) is 3. The van der Waals surface area contributed by atoms with E-state index in [0.29, 0.717) is 25.1 Å². The van der Waals surface area contributed by atoms with Crippen LogP contribution in [0.5, 0.6) is 0 Å². The number of hydrogen-bond donors (Lipinski definition) is 9. The Labute approximate surface area is 344 Å². The summed E-state index contributed by atoms with van der Waals surface area (Å²) < 4.78 is 0. The number of nitrogens with one attached hydrogen (secondary N) is 5. The van der Waals surface area contributed by atoms with E-state index in [1.807, 2.05) is 0 Å². The normalized spacial score (nSPS) is 28.3. The molecule has 0 bridgehead atoms. The van der Waals surface area contributed by atoms with Gasteiger partial charge < -0.3 is 66.6 Å². The first-order valence-corrected chi connectivity index (χ1v) is 21.3. The first kappa shape index (κ1) is 45.5. The van der Waals surface area contributed by atoms with Gasteiger partial charge in [-0.3, -0.25) is 43.2 Å². The van der Waals surface area contributed by atoms with Crippen LogP contribution in [0.3, 0.4) is 0 Å². The number of carbonyl (C=O) groups excluding carboxylic acids is 8. The maximum atomic E-state index is 13.9. The molecule has 5 aliphatic heterocycles. The van der Waals surface area contributed by atoms with Gasteiger partial charge in [0, 0.05) is 45.4 Å². The number of hydrogen-bond acceptors (Lipinski definition) is 14. The lowest BCUT2D eigenvalue weighted by Crippen LogP contribution is -2.56. The van der Waals surface area contributed by atoms with E-state index in [-0.39, 0.29) is 64.2 Å². The number of carboxylic acids is 1. The number of amides is 8. The van der Waals surface area contributed by atoms with E-state index in [2.05, 4.69) is 26.6 Å². The molecule has 0 aromatic heterocycles. The maximum absolute atomic E-state index is 13.9. The standard InChI is InChI=1S/C36H55N9O13S/c1-59-9-6-23(35(57)44-17-20(47)11-26(44)33(55)40-15-30(51)52)41-28(49)13-38-31(53)27-12-21(48)18-45(27)36(58)24-5-3-8-42(24)29(50)14-39-32(54)25-10-19(46)16-43(25)34(56)22-4-2-7-37-22/h19-27,37,46-48H,2-18H2,1H3,(H,38,53)(H,39,54)(H,40,55)(H,41,49)(H,51,52)/t19-,20-,21-,22+,23+,24+,25+,26+,27+/m1/s1. The van der Waals surface area contributed by atoms with Crippen LogP contribution in [-0.4, -0.2) is 212 Å². The third-order valence-electron chi connectivity index (χ3n) is 11.3. The van der Waals surface area contributed by atoms with Gasteiger partial charge in [-0.15, -0.1) is 0 Å². The Balaban J connectivity index is 1.14. The van der Waals surface area contributed by atoms with Gasteiger partial charge in [-0.1, -0.05) is 0 Å². The van der Waals surface area contributed by atoms with Gasteiger partial charge in [-0.05, 0) is 50.7 Å². The molecule has 5 rings (SSSR count). The average Bonchev–Trinajstić information content (AvgIpc) is 4.06. The van der Waals surface area contributed by atoms with Crippen LogP contribution in [0.15, 0.2) is 0 Å². The monoisotopic (exact) mass is 853 g/mol. The molecule has 0 spiro atoms. The lowest BCUT2D eigenvalue weighted by molar-refractivity contribution is -0.147. The second-order valence-electron chi connectivity index (χ2n) is 15.5. The first-order valence-electron chi connectivity index (χ1n) is 19.9. The van der Waals surface area contributed by atoms with Crippen LogP contribution in [0, 0.1) is 0 Å². The minimum absolute atomic E-state index is 0.00375. The molecule has 5 heterocycles. The number of aliphatic hydroxyl groups excluding tert-OH is 3. The van der Waals surface area contributed by atoms with Crippen molar-refractivity contribution in [2.75, 3.05) is 64.4 Å². The van der Waals surface area contributed by atoms with Gasteiger partial charge >= 0.3 is 5.97 Å². The molecule has 8 amide bonds. The molecule has 0 aromatic carbocycles. The second-order valence-corrected chi connectivity index (χ2v) is 16.5. The zero-order valence-electron chi connectivity index (χ0n) is 32.9. The molecular weight excluding hydrogens is 799 g/mol. The molecule has 59 heavy (non-hydrogen) atoms. The van der Waals surface area contributed by atoms with Gasteiger partial charge in [0.2, 0.25) is 47.3 Å². The lowest BCUT2D eigenvalue weighted by atomic mass is 10.1. The Hall–Kier alpha value is -4.58. The van der Waals surface area contributed by atoms with Crippen molar-refractivity contribution in [2.24, 2.45) is 0 Å². The second kappa shape index (κ2) is 20.6. The summed E-state index contributed by atoms with van der Waals surface area (Å²) in [7, 11) is 0. The fourth-order valence-corrected chi connectivity index (χ4v) is 8.88. The predicted molar refractivity (Wildman–Crippen MR) is 206 cm³/mol. The summed E-state index contributed by atoms with van der Waals surface area (Å²) in [5.41, 5.74) is 0. The number of carbonyl (C=O) groups is 9. The number of carboxylic acid groups (broad SMARTS) is 1. The molecule has 22 nitrogen and oxygen atoms in total. The minimum atomic E-state index is -1.29. The smallest absolute Gasteiger partial charge is 0.322 e. The van der Waals surface area contributed by atoms with Gasteiger partial charge in [0.25, 0.3) is 0 Å². The van der Waals surface area contributed by atoms with Gasteiger partial charge in [0.05, 0.1) is 37.4 Å². The number of nitrogens with zero attached hydrogens (tertiary/aromatic N) is 4. The van der Waals surface area contributed by atoms with Gasteiger partial charge in [-0.2, -0.15) is 11.8 Å². The topological polar surface area (TPSA) is 308 Å². The third-order valence-corrected chi connectivity index (χ3v) is 11.9. The summed E-state index contributed by atoms with van der Waals surface area (Å²) >= 11 is 1.39. The van der Waals surface area contributed by atoms with E-state index in [4.69, 9.17) is 5.11 Å².